The zero-order valence-corrected chi connectivity index (χ0v) is 27.4. The predicted octanol–water partition coefficient (Wildman–Crippen LogP) is -2.58. The molecule has 270 valence electrons. The van der Waals surface area contributed by atoms with Crippen LogP contribution in [0.3, 0.4) is 0 Å². The van der Waals surface area contributed by atoms with Gasteiger partial charge in [-0.15, -0.1) is 0 Å². The average Bonchev–Trinajstić information content (AvgIpc) is 3.06. The van der Waals surface area contributed by atoms with E-state index in [2.05, 4.69) is 26.6 Å². The van der Waals surface area contributed by atoms with Crippen molar-refractivity contribution in [3.05, 3.63) is 29.8 Å². The molecule has 0 saturated carbocycles. The molecule has 0 spiro atoms. The van der Waals surface area contributed by atoms with E-state index >= 15 is 0 Å². The smallest absolute Gasteiger partial charge is 0.322 e. The van der Waals surface area contributed by atoms with Crippen molar-refractivity contribution in [2.45, 2.75) is 88.4 Å². The molecule has 0 aromatic heterocycles. The minimum atomic E-state index is -1.28. The zero-order valence-electron chi connectivity index (χ0n) is 27.4. The van der Waals surface area contributed by atoms with Crippen LogP contribution in [0.5, 0.6) is 5.75 Å². The topological polar surface area (TPSA) is 307 Å². The lowest BCUT2D eigenvalue weighted by Crippen LogP contribution is -2.58. The van der Waals surface area contributed by atoms with Crippen molar-refractivity contribution in [1.29, 1.82) is 0 Å². The number of carbonyl (C=O) groups excluding carboxylic acids is 5. The van der Waals surface area contributed by atoms with E-state index in [-0.39, 0.29) is 38.0 Å². The summed E-state index contributed by atoms with van der Waals surface area (Å²) in [4.78, 5) is 76.6. The van der Waals surface area contributed by atoms with Gasteiger partial charge in [-0.2, -0.15) is 0 Å². The van der Waals surface area contributed by atoms with E-state index in [1.807, 2.05) is 0 Å². The Kier molecular flexibility index (Phi) is 20.8. The van der Waals surface area contributed by atoms with E-state index in [0.717, 1.165) is 0 Å². The molecule has 1 rings (SSSR count). The molecule has 0 aliphatic heterocycles. The molecule has 0 radical (unpaired) electrons. The second-order valence-electron chi connectivity index (χ2n) is 11.3. The van der Waals surface area contributed by atoms with Crippen LogP contribution in [0, 0.1) is 0 Å². The molecular weight excluding hydrogens is 626 g/mol. The normalized spacial score (nSPS) is 13.3. The van der Waals surface area contributed by atoms with Crippen molar-refractivity contribution in [1.82, 2.24) is 26.6 Å². The fourth-order valence-electron chi connectivity index (χ4n) is 4.72. The van der Waals surface area contributed by atoms with Gasteiger partial charge in [-0.25, -0.2) is 0 Å². The molecule has 17 nitrogen and oxygen atoms in total. The van der Waals surface area contributed by atoms with Gasteiger partial charge in [0.2, 0.25) is 29.5 Å². The molecule has 0 bridgehead atoms. The van der Waals surface area contributed by atoms with E-state index in [9.17, 15) is 33.9 Å². The molecule has 5 amide bonds. The molecule has 4 atom stereocenters. The summed E-state index contributed by atoms with van der Waals surface area (Å²) in [6, 6.07) is 1.48. The van der Waals surface area contributed by atoms with Crippen molar-refractivity contribution in [2.75, 3.05) is 32.7 Å². The van der Waals surface area contributed by atoms with E-state index in [1.165, 1.54) is 12.1 Å². The van der Waals surface area contributed by atoms with Gasteiger partial charge in [-0.3, -0.25) is 28.8 Å². The number of unbranched alkanes of at least 4 members (excludes halogenated alkanes) is 3. The van der Waals surface area contributed by atoms with Crippen LogP contribution in [0.1, 0.15) is 63.4 Å². The third-order valence-corrected chi connectivity index (χ3v) is 7.37. The Hall–Kier alpha value is -4.32. The highest BCUT2D eigenvalue weighted by Gasteiger charge is 2.31. The van der Waals surface area contributed by atoms with E-state index in [1.54, 1.807) is 12.1 Å². The summed E-state index contributed by atoms with van der Waals surface area (Å²) < 4.78 is 0. The Morgan fingerprint density at radius 1 is 0.583 bits per heavy atom. The number of aromatic hydroxyl groups is 1. The number of rotatable bonds is 25. The van der Waals surface area contributed by atoms with Gasteiger partial charge in [0.25, 0.3) is 0 Å². The standard InChI is InChI=1S/C31H53N9O8/c32-14-4-1-7-22(37-26(42)18-35)29(46)38-23(8-2-5-15-33)30(47)39-24(9-3-6-16-34)31(48)40-25(28(45)36-19-27(43)44)17-20-10-12-21(41)13-11-20/h10-13,22-25,41H,1-9,14-19,32-35H2,(H,36,45)(H,37,42)(H,38,46)(H,39,47)(H,40,48)(H,43,44)/t22-,23-,24-,25-/m0/s1. The van der Waals surface area contributed by atoms with Gasteiger partial charge in [0.1, 0.15) is 36.5 Å². The Morgan fingerprint density at radius 2 is 1.00 bits per heavy atom. The van der Waals surface area contributed by atoms with Gasteiger partial charge in [0, 0.05) is 6.42 Å². The summed E-state index contributed by atoms with van der Waals surface area (Å²) in [5.41, 5.74) is 22.9. The number of nitrogens with one attached hydrogen (secondary N) is 5. The third kappa shape index (κ3) is 17.0. The number of carbonyl (C=O) groups is 6. The van der Waals surface area contributed by atoms with Crippen molar-refractivity contribution in [3.63, 3.8) is 0 Å². The van der Waals surface area contributed by atoms with Gasteiger partial charge in [-0.05, 0) is 95.1 Å². The highest BCUT2D eigenvalue weighted by Crippen LogP contribution is 2.13. The summed E-state index contributed by atoms with van der Waals surface area (Å²) in [7, 11) is 0. The average molecular weight is 680 g/mol. The summed E-state index contributed by atoms with van der Waals surface area (Å²) >= 11 is 0. The molecule has 0 heterocycles. The summed E-state index contributed by atoms with van der Waals surface area (Å²) in [6.07, 6.45) is 3.74. The quantitative estimate of drug-likeness (QED) is 0.0475. The lowest BCUT2D eigenvalue weighted by molar-refractivity contribution is -0.138. The molecular formula is C31H53N9O8. The monoisotopic (exact) mass is 679 g/mol. The number of hydrogen-bond acceptors (Lipinski definition) is 11. The highest BCUT2D eigenvalue weighted by atomic mass is 16.4. The lowest BCUT2D eigenvalue weighted by atomic mass is 10.0. The number of carboxylic acids is 1. The molecule has 17 heteroatoms. The number of amides is 5. The first kappa shape index (κ1) is 41.7. The minimum absolute atomic E-state index is 0.00547. The first-order valence-electron chi connectivity index (χ1n) is 16.2. The van der Waals surface area contributed by atoms with Crippen LogP contribution in [0.4, 0.5) is 0 Å². The van der Waals surface area contributed by atoms with Gasteiger partial charge < -0.3 is 59.7 Å². The largest absolute Gasteiger partial charge is 0.508 e. The van der Waals surface area contributed by atoms with Crippen LogP contribution in [0.15, 0.2) is 24.3 Å². The fourth-order valence-corrected chi connectivity index (χ4v) is 4.72. The molecule has 1 aromatic carbocycles. The van der Waals surface area contributed by atoms with Gasteiger partial charge >= 0.3 is 5.97 Å². The third-order valence-electron chi connectivity index (χ3n) is 7.37. The highest BCUT2D eigenvalue weighted by molar-refractivity contribution is 5.96. The second kappa shape index (κ2) is 23.9. The minimum Gasteiger partial charge on any atom is -0.508 e. The Labute approximate surface area is 280 Å². The first-order valence-corrected chi connectivity index (χ1v) is 16.2. The van der Waals surface area contributed by atoms with Crippen molar-refractivity contribution in [3.8, 4) is 5.75 Å². The fraction of sp³-hybridized carbons (Fsp3) is 0.613. The number of nitrogens with two attached hydrogens (primary N) is 4. The molecule has 0 aliphatic rings. The van der Waals surface area contributed by atoms with Crippen LogP contribution < -0.4 is 49.5 Å². The molecule has 0 unspecified atom stereocenters. The van der Waals surface area contributed by atoms with E-state index in [4.69, 9.17) is 28.0 Å². The predicted molar refractivity (Wildman–Crippen MR) is 178 cm³/mol. The molecule has 0 saturated heterocycles. The molecule has 15 N–H and O–H groups in total. The van der Waals surface area contributed by atoms with E-state index < -0.39 is 66.2 Å². The first-order chi connectivity index (χ1) is 22.9. The maximum Gasteiger partial charge on any atom is 0.322 e. The number of benzene rings is 1. The van der Waals surface area contributed by atoms with E-state index in [0.29, 0.717) is 63.7 Å². The van der Waals surface area contributed by atoms with Crippen LogP contribution in [-0.2, 0) is 35.2 Å². The lowest BCUT2D eigenvalue weighted by Gasteiger charge is -2.27. The number of aliphatic carboxylic acids is 1. The van der Waals surface area contributed by atoms with Crippen LogP contribution in [-0.4, -0.2) is 103 Å². The van der Waals surface area contributed by atoms with Crippen molar-refractivity contribution >= 4 is 35.5 Å². The molecule has 0 aliphatic carbocycles. The molecule has 48 heavy (non-hydrogen) atoms. The van der Waals surface area contributed by atoms with Gasteiger partial charge in [0.15, 0.2) is 0 Å². The Bertz CT molecular complexity index is 1170. The zero-order chi connectivity index (χ0) is 35.9. The SMILES string of the molecule is NCCCC[C@H](NC(=O)CN)C(=O)N[C@@H](CCCCN)C(=O)N[C@@H](CCCCN)C(=O)N[C@@H](Cc1ccc(O)cc1)C(=O)NCC(=O)O. The van der Waals surface area contributed by atoms with Crippen LogP contribution in [0.2, 0.25) is 0 Å². The maximum absolute atomic E-state index is 13.6. The van der Waals surface area contributed by atoms with Gasteiger partial charge in [0.05, 0.1) is 6.54 Å². The Balaban J connectivity index is 3.24. The maximum atomic E-state index is 13.6. The van der Waals surface area contributed by atoms with Crippen molar-refractivity contribution in [2.24, 2.45) is 22.9 Å². The number of carboxylic acid groups (broad SMARTS) is 1. The summed E-state index contributed by atoms with van der Waals surface area (Å²) in [6.45, 7) is 0.0749. The number of phenols is 1. The van der Waals surface area contributed by atoms with Crippen molar-refractivity contribution < 1.29 is 39.0 Å². The molecule has 1 aromatic rings. The Morgan fingerprint density at radius 3 is 1.40 bits per heavy atom. The summed E-state index contributed by atoms with van der Waals surface area (Å²) in [5.74, 6) is -4.57. The van der Waals surface area contributed by atoms with Crippen LogP contribution in [0.25, 0.3) is 0 Å². The number of phenolic OH excluding ortho intramolecular Hbond substituents is 1. The van der Waals surface area contributed by atoms with Gasteiger partial charge in [-0.1, -0.05) is 12.1 Å². The number of hydrogen-bond donors (Lipinski definition) is 11. The summed E-state index contributed by atoms with van der Waals surface area (Å²) in [5, 5.41) is 31.5. The van der Waals surface area contributed by atoms with Crippen LogP contribution >= 0.6 is 0 Å². The second-order valence-corrected chi connectivity index (χ2v) is 11.3. The molecule has 0 fully saturated rings.